The molecule has 0 aliphatic carbocycles. The van der Waals surface area contributed by atoms with Crippen LogP contribution in [0.1, 0.15) is 61.3 Å². The molecule has 3 unspecified atom stereocenters. The van der Waals surface area contributed by atoms with Crippen molar-refractivity contribution in [1.29, 1.82) is 0 Å². The first-order valence-electron chi connectivity index (χ1n) is 6.53. The molecule has 0 bridgehead atoms. The summed E-state index contributed by atoms with van der Waals surface area (Å²) in [6.07, 6.45) is 2.55. The molecule has 2 N–H and O–H groups in total. The fourth-order valence-corrected chi connectivity index (χ4v) is 2.74. The van der Waals surface area contributed by atoms with E-state index in [2.05, 4.69) is 48.5 Å². The quantitative estimate of drug-likeness (QED) is 0.707. The zero-order valence-corrected chi connectivity index (χ0v) is 11.8. The van der Waals surface area contributed by atoms with Crippen LogP contribution in [0.4, 0.5) is 0 Å². The van der Waals surface area contributed by atoms with Gasteiger partial charge in [-0.2, -0.15) is 0 Å². The van der Waals surface area contributed by atoms with Gasteiger partial charge in [0.05, 0.1) is 0 Å². The van der Waals surface area contributed by atoms with Gasteiger partial charge in [-0.1, -0.05) is 61.3 Å². The van der Waals surface area contributed by atoms with E-state index in [1.807, 2.05) is 0 Å². The van der Waals surface area contributed by atoms with E-state index in [9.17, 15) is 0 Å². The summed E-state index contributed by atoms with van der Waals surface area (Å²) in [5.74, 6) is 1.92. The number of nitrogens with two attached hydrogens (primary N) is 1. The molecule has 3 atom stereocenters. The molecule has 0 heterocycles. The third-order valence-electron chi connectivity index (χ3n) is 4.46. The van der Waals surface area contributed by atoms with E-state index in [0.717, 1.165) is 0 Å². The molecule has 1 nitrogen and oxygen atoms in total. The Morgan fingerprint density at radius 2 is 1.53 bits per heavy atom. The molecule has 0 radical (unpaired) electrons. The van der Waals surface area contributed by atoms with Gasteiger partial charge in [0, 0.05) is 6.04 Å². The van der Waals surface area contributed by atoms with Crippen molar-refractivity contribution in [2.75, 3.05) is 0 Å². The van der Waals surface area contributed by atoms with E-state index < -0.39 is 0 Å². The van der Waals surface area contributed by atoms with Gasteiger partial charge in [-0.05, 0) is 23.2 Å². The molecule has 0 saturated carbocycles. The summed E-state index contributed by atoms with van der Waals surface area (Å²) < 4.78 is 0. The monoisotopic (exact) mass is 213 g/mol. The van der Waals surface area contributed by atoms with Crippen molar-refractivity contribution in [2.24, 2.45) is 28.9 Å². The Morgan fingerprint density at radius 3 is 1.80 bits per heavy atom. The maximum atomic E-state index is 6.43. The first-order chi connectivity index (χ1) is 6.78. The van der Waals surface area contributed by atoms with Crippen LogP contribution in [0.3, 0.4) is 0 Å². The highest BCUT2D eigenvalue weighted by molar-refractivity contribution is 4.93. The second-order valence-corrected chi connectivity index (χ2v) is 5.98. The summed E-state index contributed by atoms with van der Waals surface area (Å²) in [4.78, 5) is 0. The molecule has 0 fully saturated rings. The van der Waals surface area contributed by atoms with Crippen LogP contribution in [0.15, 0.2) is 0 Å². The molecule has 1 heteroatoms. The van der Waals surface area contributed by atoms with Gasteiger partial charge in [-0.25, -0.2) is 0 Å². The summed E-state index contributed by atoms with van der Waals surface area (Å²) in [7, 11) is 0. The van der Waals surface area contributed by atoms with Gasteiger partial charge in [0.1, 0.15) is 0 Å². The van der Waals surface area contributed by atoms with Crippen molar-refractivity contribution < 1.29 is 0 Å². The van der Waals surface area contributed by atoms with Crippen LogP contribution < -0.4 is 5.73 Å². The highest BCUT2D eigenvalue weighted by Crippen LogP contribution is 2.42. The SMILES string of the molecule is CCCC(C)C(C)(C(C)C)C(N)C(C)C. The van der Waals surface area contributed by atoms with Gasteiger partial charge in [-0.3, -0.25) is 0 Å². The Balaban J connectivity index is 4.88. The van der Waals surface area contributed by atoms with E-state index in [1.54, 1.807) is 0 Å². The van der Waals surface area contributed by atoms with Crippen LogP contribution in [0, 0.1) is 23.2 Å². The van der Waals surface area contributed by atoms with Crippen molar-refractivity contribution in [3.63, 3.8) is 0 Å². The Kier molecular flexibility index (Phi) is 5.87. The average molecular weight is 213 g/mol. The van der Waals surface area contributed by atoms with Gasteiger partial charge < -0.3 is 5.73 Å². The zero-order valence-electron chi connectivity index (χ0n) is 11.8. The zero-order chi connectivity index (χ0) is 12.2. The van der Waals surface area contributed by atoms with E-state index in [1.165, 1.54) is 12.8 Å². The fourth-order valence-electron chi connectivity index (χ4n) is 2.74. The number of hydrogen-bond acceptors (Lipinski definition) is 1. The lowest BCUT2D eigenvalue weighted by Crippen LogP contribution is -2.50. The standard InChI is InChI=1S/C14H31N/c1-8-9-12(6)14(7,11(4)5)13(15)10(2)3/h10-13H,8-9,15H2,1-7H3. The number of hydrogen-bond donors (Lipinski definition) is 1. The summed E-state index contributed by atoms with van der Waals surface area (Å²) >= 11 is 0. The minimum Gasteiger partial charge on any atom is -0.327 e. The Bertz CT molecular complexity index is 174. The average Bonchev–Trinajstić information content (AvgIpc) is 2.15. The molecule has 0 saturated heterocycles. The minimum absolute atomic E-state index is 0.268. The first kappa shape index (κ1) is 15.0. The van der Waals surface area contributed by atoms with Gasteiger partial charge in [0.2, 0.25) is 0 Å². The van der Waals surface area contributed by atoms with Crippen LogP contribution in [0.5, 0.6) is 0 Å². The molecule has 0 rings (SSSR count). The van der Waals surface area contributed by atoms with E-state index in [4.69, 9.17) is 5.73 Å². The largest absolute Gasteiger partial charge is 0.327 e. The summed E-state index contributed by atoms with van der Waals surface area (Å²) in [6, 6.07) is 0.305. The molecule has 0 aromatic rings. The number of rotatable bonds is 6. The molecule has 0 aliphatic rings. The van der Waals surface area contributed by atoms with Gasteiger partial charge >= 0.3 is 0 Å². The fraction of sp³-hybridized carbons (Fsp3) is 1.00. The van der Waals surface area contributed by atoms with Crippen molar-refractivity contribution in [2.45, 2.75) is 67.3 Å². The maximum absolute atomic E-state index is 6.43. The van der Waals surface area contributed by atoms with Crippen molar-refractivity contribution in [3.05, 3.63) is 0 Å². The molecular weight excluding hydrogens is 182 g/mol. The molecule has 0 aliphatic heterocycles. The molecule has 0 aromatic carbocycles. The molecular formula is C14H31N. The second kappa shape index (κ2) is 5.89. The van der Waals surface area contributed by atoms with Crippen molar-refractivity contribution >= 4 is 0 Å². The van der Waals surface area contributed by atoms with Crippen LogP contribution in [-0.2, 0) is 0 Å². The Hall–Kier alpha value is -0.0400. The summed E-state index contributed by atoms with van der Waals surface area (Å²) in [5.41, 5.74) is 6.70. The first-order valence-corrected chi connectivity index (χ1v) is 6.53. The van der Waals surface area contributed by atoms with Crippen LogP contribution in [0.2, 0.25) is 0 Å². The van der Waals surface area contributed by atoms with Gasteiger partial charge in [-0.15, -0.1) is 0 Å². The normalized spacial score (nSPS) is 20.4. The van der Waals surface area contributed by atoms with E-state index >= 15 is 0 Å². The minimum atomic E-state index is 0.268. The van der Waals surface area contributed by atoms with Crippen LogP contribution in [-0.4, -0.2) is 6.04 Å². The topological polar surface area (TPSA) is 26.0 Å². The third kappa shape index (κ3) is 3.21. The highest BCUT2D eigenvalue weighted by Gasteiger charge is 2.40. The third-order valence-corrected chi connectivity index (χ3v) is 4.46. The Labute approximate surface area is 96.8 Å². The lowest BCUT2D eigenvalue weighted by atomic mass is 9.61. The highest BCUT2D eigenvalue weighted by atomic mass is 14.7. The molecule has 0 spiro atoms. The van der Waals surface area contributed by atoms with Crippen LogP contribution >= 0.6 is 0 Å². The van der Waals surface area contributed by atoms with Crippen LogP contribution in [0.25, 0.3) is 0 Å². The lowest BCUT2D eigenvalue weighted by Gasteiger charge is -2.46. The molecule has 0 aromatic heterocycles. The second-order valence-electron chi connectivity index (χ2n) is 5.98. The Morgan fingerprint density at radius 1 is 1.07 bits per heavy atom. The summed E-state index contributed by atoms with van der Waals surface area (Å²) in [6.45, 7) is 16.1. The van der Waals surface area contributed by atoms with E-state index in [-0.39, 0.29) is 5.41 Å². The molecule has 0 amide bonds. The summed E-state index contributed by atoms with van der Waals surface area (Å²) in [5, 5.41) is 0. The van der Waals surface area contributed by atoms with Crippen molar-refractivity contribution in [3.8, 4) is 0 Å². The predicted octanol–water partition coefficient (Wildman–Crippen LogP) is 4.07. The maximum Gasteiger partial charge on any atom is 0.0121 e. The van der Waals surface area contributed by atoms with Crippen molar-refractivity contribution in [1.82, 2.24) is 0 Å². The predicted molar refractivity (Wildman–Crippen MR) is 69.8 cm³/mol. The lowest BCUT2D eigenvalue weighted by molar-refractivity contribution is 0.0600. The van der Waals surface area contributed by atoms with Gasteiger partial charge in [0.15, 0.2) is 0 Å². The molecule has 92 valence electrons. The molecule has 15 heavy (non-hydrogen) atoms. The van der Waals surface area contributed by atoms with E-state index in [0.29, 0.717) is 23.8 Å². The smallest absolute Gasteiger partial charge is 0.0121 e. The van der Waals surface area contributed by atoms with Gasteiger partial charge in [0.25, 0.3) is 0 Å².